The number of H-pyrrole nitrogens is 1. The van der Waals surface area contributed by atoms with Gasteiger partial charge in [0.1, 0.15) is 11.4 Å². The summed E-state index contributed by atoms with van der Waals surface area (Å²) in [6, 6.07) is 12.0. The molecule has 0 fully saturated rings. The molecule has 8 nitrogen and oxygen atoms in total. The molecule has 1 aliphatic heterocycles. The normalized spacial score (nSPS) is 13.9. The summed E-state index contributed by atoms with van der Waals surface area (Å²) in [6.07, 6.45) is 0.575. The molecule has 0 saturated carbocycles. The van der Waals surface area contributed by atoms with Gasteiger partial charge in [-0.1, -0.05) is 11.6 Å². The van der Waals surface area contributed by atoms with Crippen LogP contribution in [0.1, 0.15) is 16.8 Å². The van der Waals surface area contributed by atoms with Crippen molar-refractivity contribution < 1.29 is 4.42 Å². The number of anilines is 2. The topological polar surface area (TPSA) is 131 Å². The molecule has 5 N–H and O–H groups in total. The lowest BCUT2D eigenvalue weighted by Gasteiger charge is -2.27. The molecule has 0 atom stereocenters. The highest BCUT2D eigenvalue weighted by molar-refractivity contribution is 6.31. The van der Waals surface area contributed by atoms with E-state index in [-0.39, 0.29) is 23.4 Å². The predicted molar refractivity (Wildman–Crippen MR) is 124 cm³/mol. The molecule has 4 aromatic rings. The molecule has 162 valence electrons. The zero-order valence-corrected chi connectivity index (χ0v) is 17.8. The minimum Gasteiger partial charge on any atom is -0.440 e. The van der Waals surface area contributed by atoms with E-state index in [1.807, 2.05) is 17.0 Å². The Balaban J connectivity index is 1.45. The van der Waals surface area contributed by atoms with E-state index in [1.165, 1.54) is 0 Å². The molecule has 0 aliphatic carbocycles. The number of nitrogens with two attached hydrogens (primary N) is 2. The molecule has 2 aromatic heterocycles. The molecule has 3 heterocycles. The van der Waals surface area contributed by atoms with Gasteiger partial charge in [0.25, 0.3) is 5.56 Å². The summed E-state index contributed by atoms with van der Waals surface area (Å²) >= 11 is 6.04. The third kappa shape index (κ3) is 3.63. The van der Waals surface area contributed by atoms with Gasteiger partial charge in [0.05, 0.1) is 22.2 Å². The van der Waals surface area contributed by atoms with Crippen LogP contribution < -0.4 is 22.5 Å². The van der Waals surface area contributed by atoms with Gasteiger partial charge in [-0.25, -0.2) is 4.98 Å². The molecule has 9 heteroatoms. The summed E-state index contributed by atoms with van der Waals surface area (Å²) in [4.78, 5) is 35.3. The van der Waals surface area contributed by atoms with Crippen LogP contribution >= 0.6 is 11.6 Å². The van der Waals surface area contributed by atoms with Crippen molar-refractivity contribution in [2.75, 3.05) is 18.0 Å². The Kier molecular flexibility index (Phi) is 4.96. The van der Waals surface area contributed by atoms with Crippen molar-refractivity contribution in [3.63, 3.8) is 0 Å². The van der Waals surface area contributed by atoms with Crippen molar-refractivity contribution in [1.29, 1.82) is 0 Å². The average molecular weight is 450 g/mol. The fourth-order valence-electron chi connectivity index (χ4n) is 3.99. The van der Waals surface area contributed by atoms with Crippen LogP contribution in [0, 0.1) is 0 Å². The zero-order valence-electron chi connectivity index (χ0n) is 17.0. The first-order valence-corrected chi connectivity index (χ1v) is 10.5. The Labute approximate surface area is 187 Å². The Hall–Kier alpha value is -3.62. The molecule has 32 heavy (non-hydrogen) atoms. The number of nitrogens with zero attached hydrogens (tertiary/aromatic N) is 2. The van der Waals surface area contributed by atoms with Gasteiger partial charge in [0, 0.05) is 42.3 Å². The van der Waals surface area contributed by atoms with E-state index in [9.17, 15) is 9.59 Å². The molecular formula is C23H20ClN5O3. The number of nitrogen functional groups attached to an aromatic ring is 2. The van der Waals surface area contributed by atoms with Crippen molar-refractivity contribution >= 4 is 34.1 Å². The molecule has 0 unspecified atom stereocenters. The smallest absolute Gasteiger partial charge is 0.255 e. The third-order valence-corrected chi connectivity index (χ3v) is 5.93. The van der Waals surface area contributed by atoms with Crippen LogP contribution in [0.15, 0.2) is 56.5 Å². The maximum atomic E-state index is 13.0. The molecule has 0 amide bonds. The van der Waals surface area contributed by atoms with Gasteiger partial charge >= 0.3 is 0 Å². The van der Waals surface area contributed by atoms with Crippen molar-refractivity contribution in [2.45, 2.75) is 19.5 Å². The van der Waals surface area contributed by atoms with Crippen molar-refractivity contribution in [3.8, 4) is 11.4 Å². The number of hydrogen-bond acceptors (Lipinski definition) is 7. The number of rotatable bonds is 3. The first-order valence-electron chi connectivity index (χ1n) is 10.1. The van der Waals surface area contributed by atoms with E-state index in [4.69, 9.17) is 27.5 Å². The lowest BCUT2D eigenvalue weighted by atomic mass is 10.0. The number of halogens is 1. The molecule has 0 radical (unpaired) electrons. The van der Waals surface area contributed by atoms with Crippen LogP contribution in [0.4, 0.5) is 11.6 Å². The quantitative estimate of drug-likeness (QED) is 0.410. The van der Waals surface area contributed by atoms with E-state index in [0.717, 1.165) is 11.3 Å². The minimum atomic E-state index is -0.220. The van der Waals surface area contributed by atoms with Gasteiger partial charge in [0.15, 0.2) is 11.3 Å². The van der Waals surface area contributed by atoms with Crippen molar-refractivity contribution in [1.82, 2.24) is 14.9 Å². The number of aromatic amines is 1. The lowest BCUT2D eigenvalue weighted by molar-refractivity contribution is 0.240. The van der Waals surface area contributed by atoms with Crippen LogP contribution in [0.5, 0.6) is 0 Å². The summed E-state index contributed by atoms with van der Waals surface area (Å²) in [5.74, 6) is 0.583. The van der Waals surface area contributed by atoms with Gasteiger partial charge < -0.3 is 20.9 Å². The standard InChI is InChI=1S/C23H20ClN5O3/c24-13-3-6-19-15(9-13)20(30)17(21(26)32-19)11-29-8-7-18-16(10-29)23(31)28-22(27-18)12-1-4-14(25)5-2-12/h1-6,9H,7-8,10-11,25-26H2,(H,27,28,31). The van der Waals surface area contributed by atoms with Crippen LogP contribution in [0.3, 0.4) is 0 Å². The number of nitrogens with one attached hydrogen (secondary N) is 1. The Bertz CT molecular complexity index is 1460. The second kappa shape index (κ2) is 7.81. The fraction of sp³-hybridized carbons (Fsp3) is 0.174. The molecule has 1 aliphatic rings. The molecule has 5 rings (SSSR count). The monoisotopic (exact) mass is 449 g/mol. The Morgan fingerprint density at radius 3 is 2.69 bits per heavy atom. The summed E-state index contributed by atoms with van der Waals surface area (Å²) in [5.41, 5.74) is 14.9. The highest BCUT2D eigenvalue weighted by Gasteiger charge is 2.24. The minimum absolute atomic E-state index is 0.0707. The lowest BCUT2D eigenvalue weighted by Crippen LogP contribution is -2.36. The van der Waals surface area contributed by atoms with Crippen LogP contribution in [-0.4, -0.2) is 21.4 Å². The average Bonchev–Trinajstić information content (AvgIpc) is 2.78. The molecule has 0 spiro atoms. The third-order valence-electron chi connectivity index (χ3n) is 5.69. The summed E-state index contributed by atoms with van der Waals surface area (Å²) in [5, 5.41) is 0.827. The largest absolute Gasteiger partial charge is 0.440 e. The predicted octanol–water partition coefficient (Wildman–Crippen LogP) is 2.92. The second-order valence-electron chi connectivity index (χ2n) is 7.84. The molecule has 0 bridgehead atoms. The first kappa shape index (κ1) is 20.3. The zero-order chi connectivity index (χ0) is 22.4. The number of aromatic nitrogens is 2. The first-order chi connectivity index (χ1) is 15.4. The van der Waals surface area contributed by atoms with Crippen molar-refractivity contribution in [2.24, 2.45) is 0 Å². The van der Waals surface area contributed by atoms with E-state index in [2.05, 4.69) is 9.97 Å². The van der Waals surface area contributed by atoms with Crippen LogP contribution in [0.25, 0.3) is 22.4 Å². The number of hydrogen-bond donors (Lipinski definition) is 3. The second-order valence-corrected chi connectivity index (χ2v) is 8.27. The maximum Gasteiger partial charge on any atom is 0.255 e. The summed E-state index contributed by atoms with van der Waals surface area (Å²) < 4.78 is 5.64. The van der Waals surface area contributed by atoms with Gasteiger partial charge in [-0.3, -0.25) is 14.5 Å². The molecular weight excluding hydrogens is 430 g/mol. The highest BCUT2D eigenvalue weighted by Crippen LogP contribution is 2.24. The van der Waals surface area contributed by atoms with Crippen molar-refractivity contribution in [3.05, 3.63) is 84.9 Å². The molecule has 2 aromatic carbocycles. The SMILES string of the molecule is Nc1ccc(-c2nc3c(c(=O)[nH]2)CN(Cc2c(N)oc4ccc(Cl)cc4c2=O)CC3)cc1. The Morgan fingerprint density at radius 2 is 1.91 bits per heavy atom. The number of fused-ring (bicyclic) bond motifs is 2. The van der Waals surface area contributed by atoms with Crippen LogP contribution in [-0.2, 0) is 19.5 Å². The van der Waals surface area contributed by atoms with E-state index in [1.54, 1.807) is 30.3 Å². The molecule has 0 saturated heterocycles. The highest BCUT2D eigenvalue weighted by atomic mass is 35.5. The van der Waals surface area contributed by atoms with E-state index in [0.29, 0.717) is 58.1 Å². The number of benzene rings is 2. The van der Waals surface area contributed by atoms with E-state index >= 15 is 0 Å². The summed E-state index contributed by atoms with van der Waals surface area (Å²) in [6.45, 7) is 1.23. The van der Waals surface area contributed by atoms with Gasteiger partial charge in [-0.2, -0.15) is 0 Å². The maximum absolute atomic E-state index is 13.0. The summed E-state index contributed by atoms with van der Waals surface area (Å²) in [7, 11) is 0. The van der Waals surface area contributed by atoms with E-state index < -0.39 is 0 Å². The van der Waals surface area contributed by atoms with Crippen LogP contribution in [0.2, 0.25) is 5.02 Å². The van der Waals surface area contributed by atoms with Gasteiger partial charge in [-0.05, 0) is 42.5 Å². The Morgan fingerprint density at radius 1 is 1.12 bits per heavy atom. The van der Waals surface area contributed by atoms with Gasteiger partial charge in [-0.15, -0.1) is 0 Å². The van der Waals surface area contributed by atoms with Gasteiger partial charge in [0.2, 0.25) is 0 Å². The fourth-order valence-corrected chi connectivity index (χ4v) is 4.16.